The van der Waals surface area contributed by atoms with E-state index in [-0.39, 0.29) is 24.6 Å². The summed E-state index contributed by atoms with van der Waals surface area (Å²) in [4.78, 5) is 28.4. The second kappa shape index (κ2) is 6.41. The summed E-state index contributed by atoms with van der Waals surface area (Å²) in [7, 11) is 0. The molecule has 2 saturated heterocycles. The standard InChI is InChI=1S/C13H23N3O4/c1-10-8-16(3-2-11(10)17)13(20)15-6-4-14(5-7-15)9-12(18)19/h10-11,17H,2-9H2,1H3,(H,18,19). The fourth-order valence-corrected chi connectivity index (χ4v) is 2.80. The van der Waals surface area contributed by atoms with Crippen LogP contribution in [0.5, 0.6) is 0 Å². The summed E-state index contributed by atoms with van der Waals surface area (Å²) in [5.74, 6) is -0.718. The molecule has 2 amide bonds. The number of urea groups is 1. The Kier molecular flexibility index (Phi) is 4.82. The number of carbonyl (C=O) groups excluding carboxylic acids is 1. The highest BCUT2D eigenvalue weighted by atomic mass is 16.4. The normalized spacial score (nSPS) is 28.5. The van der Waals surface area contributed by atoms with Crippen LogP contribution in [0.2, 0.25) is 0 Å². The Labute approximate surface area is 118 Å². The van der Waals surface area contributed by atoms with Gasteiger partial charge in [0.05, 0.1) is 12.6 Å². The molecule has 2 aliphatic rings. The lowest BCUT2D eigenvalue weighted by molar-refractivity contribution is -0.138. The molecule has 0 aromatic carbocycles. The number of aliphatic hydroxyl groups excluding tert-OH is 1. The number of piperazine rings is 1. The van der Waals surface area contributed by atoms with E-state index in [4.69, 9.17) is 5.11 Å². The van der Waals surface area contributed by atoms with Crippen LogP contribution in [0.4, 0.5) is 4.79 Å². The number of piperidine rings is 1. The molecule has 2 aliphatic heterocycles. The first-order valence-electron chi connectivity index (χ1n) is 7.13. The minimum absolute atomic E-state index is 0.0127. The average molecular weight is 285 g/mol. The first-order chi connectivity index (χ1) is 9.47. The number of rotatable bonds is 2. The number of aliphatic carboxylic acids is 1. The Balaban J connectivity index is 1.81. The van der Waals surface area contributed by atoms with E-state index >= 15 is 0 Å². The lowest BCUT2D eigenvalue weighted by Gasteiger charge is -2.40. The van der Waals surface area contributed by atoms with Crippen molar-refractivity contribution < 1.29 is 19.8 Å². The fourth-order valence-electron chi connectivity index (χ4n) is 2.80. The lowest BCUT2D eigenvalue weighted by atomic mass is 9.97. The maximum Gasteiger partial charge on any atom is 0.320 e. The van der Waals surface area contributed by atoms with Crippen LogP contribution in [0.15, 0.2) is 0 Å². The Morgan fingerprint density at radius 1 is 1.10 bits per heavy atom. The molecular formula is C13H23N3O4. The molecule has 0 aromatic rings. The number of carboxylic acid groups (broad SMARTS) is 1. The zero-order chi connectivity index (χ0) is 14.7. The highest BCUT2D eigenvalue weighted by Crippen LogP contribution is 2.18. The first kappa shape index (κ1) is 15.1. The zero-order valence-corrected chi connectivity index (χ0v) is 11.9. The van der Waals surface area contributed by atoms with Gasteiger partial charge in [-0.2, -0.15) is 0 Å². The molecular weight excluding hydrogens is 262 g/mol. The third-order valence-corrected chi connectivity index (χ3v) is 4.13. The van der Waals surface area contributed by atoms with Gasteiger partial charge in [-0.1, -0.05) is 6.92 Å². The van der Waals surface area contributed by atoms with Gasteiger partial charge in [0, 0.05) is 39.3 Å². The topological polar surface area (TPSA) is 84.3 Å². The highest BCUT2D eigenvalue weighted by Gasteiger charge is 2.31. The number of aliphatic hydroxyl groups is 1. The van der Waals surface area contributed by atoms with Crippen LogP contribution in [-0.4, -0.2) is 88.8 Å². The SMILES string of the molecule is CC1CN(C(=O)N2CCN(CC(=O)O)CC2)CCC1O. The van der Waals surface area contributed by atoms with Crippen LogP contribution in [-0.2, 0) is 4.79 Å². The van der Waals surface area contributed by atoms with Gasteiger partial charge in [-0.25, -0.2) is 4.79 Å². The summed E-state index contributed by atoms with van der Waals surface area (Å²) < 4.78 is 0. The van der Waals surface area contributed by atoms with Crippen LogP contribution in [0.1, 0.15) is 13.3 Å². The van der Waals surface area contributed by atoms with Crippen LogP contribution in [0, 0.1) is 5.92 Å². The third kappa shape index (κ3) is 3.61. The molecule has 0 bridgehead atoms. The summed E-state index contributed by atoms with van der Waals surface area (Å²) in [6, 6.07) is 0.0127. The van der Waals surface area contributed by atoms with Gasteiger partial charge in [0.2, 0.25) is 0 Å². The minimum atomic E-state index is -0.830. The molecule has 2 atom stereocenters. The van der Waals surface area contributed by atoms with Crippen molar-refractivity contribution in [3.05, 3.63) is 0 Å². The lowest BCUT2D eigenvalue weighted by Crippen LogP contribution is -2.56. The summed E-state index contributed by atoms with van der Waals surface area (Å²) in [6.45, 7) is 5.52. The Morgan fingerprint density at radius 2 is 1.75 bits per heavy atom. The second-order valence-electron chi connectivity index (χ2n) is 5.72. The van der Waals surface area contributed by atoms with Gasteiger partial charge in [-0.3, -0.25) is 9.69 Å². The number of hydrogen-bond donors (Lipinski definition) is 2. The maximum absolute atomic E-state index is 12.4. The molecule has 114 valence electrons. The van der Waals surface area contributed by atoms with Gasteiger partial charge in [0.1, 0.15) is 0 Å². The molecule has 0 spiro atoms. The van der Waals surface area contributed by atoms with E-state index in [2.05, 4.69) is 0 Å². The van der Waals surface area contributed by atoms with E-state index in [1.807, 2.05) is 11.8 Å². The molecule has 0 aliphatic carbocycles. The van der Waals surface area contributed by atoms with Gasteiger partial charge in [0.25, 0.3) is 0 Å². The molecule has 0 radical (unpaired) electrons. The average Bonchev–Trinajstić information content (AvgIpc) is 2.41. The molecule has 20 heavy (non-hydrogen) atoms. The van der Waals surface area contributed by atoms with Crippen LogP contribution in [0.25, 0.3) is 0 Å². The molecule has 2 unspecified atom stereocenters. The maximum atomic E-state index is 12.4. The van der Waals surface area contributed by atoms with Gasteiger partial charge >= 0.3 is 12.0 Å². The van der Waals surface area contributed by atoms with Crippen molar-refractivity contribution in [2.24, 2.45) is 5.92 Å². The van der Waals surface area contributed by atoms with Crippen LogP contribution in [0.3, 0.4) is 0 Å². The number of amides is 2. The van der Waals surface area contributed by atoms with Gasteiger partial charge < -0.3 is 20.0 Å². The number of likely N-dealkylation sites (tertiary alicyclic amines) is 1. The Bertz CT molecular complexity index is 369. The number of carbonyl (C=O) groups is 2. The second-order valence-corrected chi connectivity index (χ2v) is 5.72. The van der Waals surface area contributed by atoms with E-state index in [0.717, 1.165) is 0 Å². The fraction of sp³-hybridized carbons (Fsp3) is 0.846. The molecule has 0 saturated carbocycles. The van der Waals surface area contributed by atoms with Crippen molar-refractivity contribution in [1.29, 1.82) is 0 Å². The van der Waals surface area contributed by atoms with Crippen molar-refractivity contribution in [2.75, 3.05) is 45.8 Å². The molecule has 2 N–H and O–H groups in total. The van der Waals surface area contributed by atoms with E-state index in [0.29, 0.717) is 45.7 Å². The first-order valence-corrected chi connectivity index (χ1v) is 7.13. The van der Waals surface area contributed by atoms with Crippen molar-refractivity contribution in [2.45, 2.75) is 19.4 Å². The third-order valence-electron chi connectivity index (χ3n) is 4.13. The molecule has 0 aromatic heterocycles. The van der Waals surface area contributed by atoms with E-state index < -0.39 is 5.97 Å². The predicted octanol–water partition coefficient (Wildman–Crippen LogP) is -0.489. The zero-order valence-electron chi connectivity index (χ0n) is 11.9. The highest BCUT2D eigenvalue weighted by molar-refractivity contribution is 5.75. The van der Waals surface area contributed by atoms with Gasteiger partial charge in [-0.05, 0) is 12.3 Å². The number of carboxylic acids is 1. The number of hydrogen-bond acceptors (Lipinski definition) is 4. The largest absolute Gasteiger partial charge is 0.480 e. The van der Waals surface area contributed by atoms with Gasteiger partial charge in [-0.15, -0.1) is 0 Å². The summed E-state index contributed by atoms with van der Waals surface area (Å²) in [5, 5.41) is 18.4. The summed E-state index contributed by atoms with van der Waals surface area (Å²) in [6.07, 6.45) is 0.317. The smallest absolute Gasteiger partial charge is 0.320 e. The quantitative estimate of drug-likeness (QED) is 0.715. The minimum Gasteiger partial charge on any atom is -0.480 e. The van der Waals surface area contributed by atoms with E-state index in [1.165, 1.54) is 0 Å². The molecule has 2 heterocycles. The van der Waals surface area contributed by atoms with Gasteiger partial charge in [0.15, 0.2) is 0 Å². The van der Waals surface area contributed by atoms with Crippen molar-refractivity contribution >= 4 is 12.0 Å². The predicted molar refractivity (Wildman–Crippen MR) is 72.4 cm³/mol. The Hall–Kier alpha value is -1.34. The van der Waals surface area contributed by atoms with Crippen LogP contribution < -0.4 is 0 Å². The van der Waals surface area contributed by atoms with Crippen molar-refractivity contribution in [3.63, 3.8) is 0 Å². The Morgan fingerprint density at radius 3 is 2.30 bits per heavy atom. The molecule has 2 fully saturated rings. The molecule has 7 nitrogen and oxygen atoms in total. The molecule has 2 rings (SSSR count). The van der Waals surface area contributed by atoms with Crippen molar-refractivity contribution in [3.8, 4) is 0 Å². The summed E-state index contributed by atoms with van der Waals surface area (Å²) >= 11 is 0. The molecule has 7 heteroatoms. The van der Waals surface area contributed by atoms with Crippen molar-refractivity contribution in [1.82, 2.24) is 14.7 Å². The van der Waals surface area contributed by atoms with E-state index in [9.17, 15) is 14.7 Å². The number of nitrogens with zero attached hydrogens (tertiary/aromatic N) is 3. The van der Waals surface area contributed by atoms with E-state index in [1.54, 1.807) is 9.80 Å². The summed E-state index contributed by atoms with van der Waals surface area (Å²) in [5.41, 5.74) is 0. The monoisotopic (exact) mass is 285 g/mol. The van der Waals surface area contributed by atoms with Crippen LogP contribution >= 0.6 is 0 Å².